The molecule has 1 amide bonds. The van der Waals surface area contributed by atoms with Gasteiger partial charge in [-0.25, -0.2) is 0 Å². The fraction of sp³-hybridized carbons (Fsp3) is 0.571. The van der Waals surface area contributed by atoms with Crippen molar-refractivity contribution >= 4 is 5.91 Å². The molecule has 2 rings (SSSR count). The van der Waals surface area contributed by atoms with Gasteiger partial charge in [0.2, 0.25) is 0 Å². The molecular weight excluding hydrogens is 228 g/mol. The Morgan fingerprint density at radius 1 is 1.33 bits per heavy atom. The third-order valence-electron chi connectivity index (χ3n) is 3.52. The first-order chi connectivity index (χ1) is 8.58. The monoisotopic (exact) mass is 248 g/mol. The minimum Gasteiger partial charge on any atom is -0.391 e. The minimum absolute atomic E-state index is 0.119. The average molecular weight is 248 g/mol. The van der Waals surface area contributed by atoms with Crippen LogP contribution in [-0.2, 0) is 0 Å². The third kappa shape index (κ3) is 2.88. The van der Waals surface area contributed by atoms with Crippen LogP contribution in [0.2, 0.25) is 0 Å². The van der Waals surface area contributed by atoms with Crippen LogP contribution >= 0.6 is 0 Å². The van der Waals surface area contributed by atoms with Crippen LogP contribution in [0.25, 0.3) is 0 Å². The number of hydrogen-bond donors (Lipinski definition) is 2. The van der Waals surface area contributed by atoms with Crippen molar-refractivity contribution in [1.82, 2.24) is 10.3 Å². The SMILES string of the molecule is Cc1ccc(C(=O)N[C@@H]2CCCC[C@H]2O)c(C)n1. The number of amides is 1. The summed E-state index contributed by atoms with van der Waals surface area (Å²) in [5, 5.41) is 12.8. The van der Waals surface area contributed by atoms with E-state index >= 15 is 0 Å². The first-order valence-electron chi connectivity index (χ1n) is 6.51. The molecule has 1 aromatic rings. The summed E-state index contributed by atoms with van der Waals surface area (Å²) >= 11 is 0. The number of pyridine rings is 1. The highest BCUT2D eigenvalue weighted by Crippen LogP contribution is 2.19. The lowest BCUT2D eigenvalue weighted by Gasteiger charge is -2.28. The van der Waals surface area contributed by atoms with Crippen molar-refractivity contribution in [3.8, 4) is 0 Å². The number of hydrogen-bond acceptors (Lipinski definition) is 3. The average Bonchev–Trinajstić information content (AvgIpc) is 2.32. The van der Waals surface area contributed by atoms with Gasteiger partial charge in [-0.05, 0) is 38.8 Å². The Hall–Kier alpha value is -1.42. The molecule has 1 aliphatic carbocycles. The van der Waals surface area contributed by atoms with E-state index in [4.69, 9.17) is 0 Å². The first-order valence-corrected chi connectivity index (χ1v) is 6.51. The number of aliphatic hydroxyl groups excluding tert-OH is 1. The summed E-state index contributed by atoms with van der Waals surface area (Å²) in [4.78, 5) is 16.4. The molecule has 1 aliphatic rings. The smallest absolute Gasteiger partial charge is 0.253 e. The number of carbonyl (C=O) groups is 1. The maximum atomic E-state index is 12.1. The highest BCUT2D eigenvalue weighted by Gasteiger charge is 2.25. The second-order valence-corrected chi connectivity index (χ2v) is 5.02. The van der Waals surface area contributed by atoms with E-state index in [1.165, 1.54) is 0 Å². The van der Waals surface area contributed by atoms with Gasteiger partial charge in [0.25, 0.3) is 5.91 Å². The molecule has 1 aromatic heterocycles. The Labute approximate surface area is 107 Å². The van der Waals surface area contributed by atoms with Crippen LogP contribution in [0.4, 0.5) is 0 Å². The van der Waals surface area contributed by atoms with E-state index in [0.717, 1.165) is 37.1 Å². The molecule has 4 nitrogen and oxygen atoms in total. The van der Waals surface area contributed by atoms with Gasteiger partial charge >= 0.3 is 0 Å². The van der Waals surface area contributed by atoms with E-state index in [0.29, 0.717) is 5.56 Å². The molecule has 4 heteroatoms. The molecule has 1 fully saturated rings. The van der Waals surface area contributed by atoms with Gasteiger partial charge in [0.05, 0.1) is 23.4 Å². The van der Waals surface area contributed by atoms with Gasteiger partial charge in [0.15, 0.2) is 0 Å². The molecule has 0 aliphatic heterocycles. The number of rotatable bonds is 2. The first kappa shape index (κ1) is 13.0. The van der Waals surface area contributed by atoms with Crippen LogP contribution in [0.1, 0.15) is 47.4 Å². The van der Waals surface area contributed by atoms with Crippen molar-refractivity contribution in [3.63, 3.8) is 0 Å². The third-order valence-corrected chi connectivity index (χ3v) is 3.52. The fourth-order valence-electron chi connectivity index (χ4n) is 2.45. The highest BCUT2D eigenvalue weighted by atomic mass is 16.3. The van der Waals surface area contributed by atoms with E-state index < -0.39 is 6.10 Å². The lowest BCUT2D eigenvalue weighted by molar-refractivity contribution is 0.0716. The van der Waals surface area contributed by atoms with E-state index in [1.54, 1.807) is 6.07 Å². The zero-order chi connectivity index (χ0) is 13.1. The number of carbonyl (C=O) groups excluding carboxylic acids is 1. The van der Waals surface area contributed by atoms with Crippen molar-refractivity contribution in [2.24, 2.45) is 0 Å². The normalized spacial score (nSPS) is 23.7. The van der Waals surface area contributed by atoms with Crippen molar-refractivity contribution in [2.75, 3.05) is 0 Å². The maximum Gasteiger partial charge on any atom is 0.253 e. The highest BCUT2D eigenvalue weighted by molar-refractivity contribution is 5.95. The Morgan fingerprint density at radius 2 is 2.06 bits per heavy atom. The summed E-state index contributed by atoms with van der Waals surface area (Å²) in [6.45, 7) is 3.73. The Morgan fingerprint density at radius 3 is 2.72 bits per heavy atom. The van der Waals surface area contributed by atoms with Gasteiger partial charge < -0.3 is 10.4 Å². The Bertz CT molecular complexity index is 445. The van der Waals surface area contributed by atoms with Crippen LogP contribution < -0.4 is 5.32 Å². The summed E-state index contributed by atoms with van der Waals surface area (Å²) in [6.07, 6.45) is 3.31. The molecule has 0 aromatic carbocycles. The number of aryl methyl sites for hydroxylation is 2. The molecule has 2 atom stereocenters. The number of nitrogens with one attached hydrogen (secondary N) is 1. The predicted molar refractivity (Wildman–Crippen MR) is 69.4 cm³/mol. The largest absolute Gasteiger partial charge is 0.391 e. The number of aromatic nitrogens is 1. The summed E-state index contributed by atoms with van der Waals surface area (Å²) < 4.78 is 0. The molecule has 0 spiro atoms. The minimum atomic E-state index is -0.415. The molecule has 0 bridgehead atoms. The summed E-state index contributed by atoms with van der Waals surface area (Å²) in [7, 11) is 0. The van der Waals surface area contributed by atoms with Crippen LogP contribution in [-0.4, -0.2) is 28.1 Å². The van der Waals surface area contributed by atoms with Crippen LogP contribution in [0, 0.1) is 13.8 Å². The van der Waals surface area contributed by atoms with E-state index in [2.05, 4.69) is 10.3 Å². The lowest BCUT2D eigenvalue weighted by atomic mass is 9.92. The molecule has 98 valence electrons. The van der Waals surface area contributed by atoms with Crippen molar-refractivity contribution in [2.45, 2.75) is 51.7 Å². The van der Waals surface area contributed by atoms with Crippen LogP contribution in [0.3, 0.4) is 0 Å². The standard InChI is InChI=1S/C14H20N2O2/c1-9-7-8-11(10(2)15-9)14(18)16-12-5-3-4-6-13(12)17/h7-8,12-13,17H,3-6H2,1-2H3,(H,16,18)/t12-,13-/m1/s1. The molecule has 18 heavy (non-hydrogen) atoms. The molecular formula is C14H20N2O2. The Kier molecular flexibility index (Phi) is 3.97. The van der Waals surface area contributed by atoms with Gasteiger partial charge in [-0.15, -0.1) is 0 Å². The summed E-state index contributed by atoms with van der Waals surface area (Å²) in [5.41, 5.74) is 2.23. The van der Waals surface area contributed by atoms with Gasteiger partial charge in [-0.3, -0.25) is 9.78 Å². The molecule has 2 N–H and O–H groups in total. The predicted octanol–water partition coefficient (Wildman–Crippen LogP) is 1.73. The van der Waals surface area contributed by atoms with Crippen LogP contribution in [0.15, 0.2) is 12.1 Å². The quantitative estimate of drug-likeness (QED) is 0.838. The zero-order valence-electron chi connectivity index (χ0n) is 10.9. The van der Waals surface area contributed by atoms with E-state index in [9.17, 15) is 9.90 Å². The second kappa shape index (κ2) is 5.48. The Balaban J connectivity index is 2.07. The van der Waals surface area contributed by atoms with E-state index in [1.807, 2.05) is 19.9 Å². The molecule has 1 heterocycles. The summed E-state index contributed by atoms with van der Waals surface area (Å²) in [5.74, 6) is -0.133. The molecule has 0 unspecified atom stereocenters. The van der Waals surface area contributed by atoms with Crippen molar-refractivity contribution < 1.29 is 9.90 Å². The zero-order valence-corrected chi connectivity index (χ0v) is 10.9. The van der Waals surface area contributed by atoms with Gasteiger partial charge in [0.1, 0.15) is 0 Å². The van der Waals surface area contributed by atoms with Gasteiger partial charge in [-0.1, -0.05) is 12.8 Å². The lowest BCUT2D eigenvalue weighted by Crippen LogP contribution is -2.45. The van der Waals surface area contributed by atoms with E-state index in [-0.39, 0.29) is 11.9 Å². The second-order valence-electron chi connectivity index (χ2n) is 5.02. The summed E-state index contributed by atoms with van der Waals surface area (Å²) in [6, 6.07) is 3.51. The maximum absolute atomic E-state index is 12.1. The van der Waals surface area contributed by atoms with Gasteiger partial charge in [0, 0.05) is 5.69 Å². The molecule has 0 radical (unpaired) electrons. The van der Waals surface area contributed by atoms with Gasteiger partial charge in [-0.2, -0.15) is 0 Å². The van der Waals surface area contributed by atoms with Crippen LogP contribution in [0.5, 0.6) is 0 Å². The molecule has 1 saturated carbocycles. The number of nitrogens with zero attached hydrogens (tertiary/aromatic N) is 1. The molecule has 0 saturated heterocycles. The topological polar surface area (TPSA) is 62.2 Å². The fourth-order valence-corrected chi connectivity index (χ4v) is 2.45. The number of aliphatic hydroxyl groups is 1. The van der Waals surface area contributed by atoms with Crippen molar-refractivity contribution in [1.29, 1.82) is 0 Å². The van der Waals surface area contributed by atoms with Crippen molar-refractivity contribution in [3.05, 3.63) is 29.1 Å².